The molecule has 1 atom stereocenters. The number of carbonyl (C=O) groups is 3. The second-order valence-corrected chi connectivity index (χ2v) is 7.12. The normalized spacial score (nSPS) is 14.1. The van der Waals surface area contributed by atoms with Gasteiger partial charge >= 0.3 is 0 Å². The highest BCUT2D eigenvalue weighted by Gasteiger charge is 2.42. The zero-order chi connectivity index (χ0) is 19.7. The maximum Gasteiger partial charge on any atom is 0.262 e. The molecule has 0 saturated heterocycles. The van der Waals surface area contributed by atoms with Crippen LogP contribution in [-0.4, -0.2) is 38.0 Å². The summed E-state index contributed by atoms with van der Waals surface area (Å²) >= 11 is 1.05. The van der Waals surface area contributed by atoms with Gasteiger partial charge in [0, 0.05) is 18.0 Å². The first-order valence-electron chi connectivity index (χ1n) is 8.66. The number of benzene rings is 2. The fraction of sp³-hybridized carbons (Fsp3) is 0.150. The van der Waals surface area contributed by atoms with Gasteiger partial charge in [0.15, 0.2) is 0 Å². The van der Waals surface area contributed by atoms with E-state index in [9.17, 15) is 14.4 Å². The van der Waals surface area contributed by atoms with Gasteiger partial charge in [0.05, 0.1) is 11.1 Å². The van der Waals surface area contributed by atoms with Crippen molar-refractivity contribution < 1.29 is 14.4 Å². The lowest BCUT2D eigenvalue weighted by Crippen LogP contribution is -2.48. The van der Waals surface area contributed by atoms with E-state index in [0.29, 0.717) is 22.1 Å². The number of hydrogen-bond donors (Lipinski definition) is 1. The molecule has 2 heterocycles. The summed E-state index contributed by atoms with van der Waals surface area (Å²) in [6.45, 7) is 1.72. The van der Waals surface area contributed by atoms with Gasteiger partial charge in [-0.3, -0.25) is 24.6 Å². The lowest BCUT2D eigenvalue weighted by atomic mass is 10.0. The van der Waals surface area contributed by atoms with Gasteiger partial charge < -0.3 is 0 Å². The van der Waals surface area contributed by atoms with Crippen molar-refractivity contribution in [1.29, 1.82) is 0 Å². The van der Waals surface area contributed by atoms with Crippen molar-refractivity contribution >= 4 is 34.4 Å². The van der Waals surface area contributed by atoms with Gasteiger partial charge in [0.1, 0.15) is 11.9 Å². The molecule has 0 radical (unpaired) electrons. The summed E-state index contributed by atoms with van der Waals surface area (Å²) in [7, 11) is 0. The van der Waals surface area contributed by atoms with Crippen LogP contribution in [0.25, 0.3) is 0 Å². The van der Waals surface area contributed by atoms with E-state index in [-0.39, 0.29) is 6.42 Å². The van der Waals surface area contributed by atoms with E-state index in [0.717, 1.165) is 22.0 Å². The Kier molecular flexibility index (Phi) is 4.70. The number of nitrogens with one attached hydrogen (secondary N) is 1. The average molecular weight is 392 g/mol. The van der Waals surface area contributed by atoms with Gasteiger partial charge in [0.25, 0.3) is 11.8 Å². The van der Waals surface area contributed by atoms with Gasteiger partial charge in [-0.2, -0.15) is 4.37 Å². The summed E-state index contributed by atoms with van der Waals surface area (Å²) < 4.78 is 4.04. The first-order chi connectivity index (χ1) is 13.5. The largest absolute Gasteiger partial charge is 0.299 e. The van der Waals surface area contributed by atoms with Crippen LogP contribution in [0.4, 0.5) is 5.13 Å². The Morgan fingerprint density at radius 2 is 1.64 bits per heavy atom. The third-order valence-corrected chi connectivity index (χ3v) is 5.19. The molecular formula is C20H16N4O3S. The number of rotatable bonds is 5. The van der Waals surface area contributed by atoms with Crippen LogP contribution in [0.3, 0.4) is 0 Å². The molecule has 0 bridgehead atoms. The van der Waals surface area contributed by atoms with E-state index < -0.39 is 23.8 Å². The lowest BCUT2D eigenvalue weighted by Gasteiger charge is -2.25. The summed E-state index contributed by atoms with van der Waals surface area (Å²) in [6, 6.07) is 14.9. The third kappa shape index (κ3) is 3.29. The van der Waals surface area contributed by atoms with Crippen molar-refractivity contribution in [3.8, 4) is 0 Å². The molecule has 1 N–H and O–H groups in total. The highest BCUT2D eigenvalue weighted by Crippen LogP contribution is 2.26. The predicted molar refractivity (Wildman–Crippen MR) is 104 cm³/mol. The predicted octanol–water partition coefficient (Wildman–Crippen LogP) is 2.69. The molecule has 8 heteroatoms. The second-order valence-electron chi connectivity index (χ2n) is 6.37. The molecule has 1 aromatic heterocycles. The highest BCUT2D eigenvalue weighted by molar-refractivity contribution is 7.09. The number of nitrogens with zero attached hydrogens (tertiary/aromatic N) is 3. The Balaban J connectivity index is 1.68. The number of carbonyl (C=O) groups excluding carboxylic acids is 3. The minimum atomic E-state index is -1.00. The summed E-state index contributed by atoms with van der Waals surface area (Å²) in [5.74, 6) is -0.870. The zero-order valence-corrected chi connectivity index (χ0v) is 15.8. The first kappa shape index (κ1) is 18.0. The van der Waals surface area contributed by atoms with Crippen molar-refractivity contribution in [2.45, 2.75) is 19.4 Å². The molecule has 3 amide bonds. The number of aryl methyl sites for hydroxylation is 1. The number of hydrogen-bond acceptors (Lipinski definition) is 6. The first-order valence-corrected chi connectivity index (χ1v) is 9.44. The van der Waals surface area contributed by atoms with E-state index in [1.165, 1.54) is 0 Å². The molecule has 1 aliphatic heterocycles. The zero-order valence-electron chi connectivity index (χ0n) is 15.0. The molecule has 0 fully saturated rings. The van der Waals surface area contributed by atoms with Crippen LogP contribution in [0.15, 0.2) is 54.6 Å². The Labute approximate surface area is 165 Å². The van der Waals surface area contributed by atoms with Crippen molar-refractivity contribution in [3.63, 3.8) is 0 Å². The third-order valence-electron chi connectivity index (χ3n) is 4.47. The van der Waals surface area contributed by atoms with E-state index >= 15 is 0 Å². The van der Waals surface area contributed by atoms with Gasteiger partial charge in [-0.05, 0) is 24.6 Å². The van der Waals surface area contributed by atoms with E-state index in [4.69, 9.17) is 0 Å². The summed E-state index contributed by atoms with van der Waals surface area (Å²) in [4.78, 5) is 44.0. The number of anilines is 1. The maximum absolute atomic E-state index is 13.0. The van der Waals surface area contributed by atoms with E-state index in [1.54, 1.807) is 31.2 Å². The molecule has 0 aliphatic carbocycles. The topological polar surface area (TPSA) is 92.3 Å². The minimum absolute atomic E-state index is 0.204. The van der Waals surface area contributed by atoms with Crippen LogP contribution in [0.1, 0.15) is 32.1 Å². The second kappa shape index (κ2) is 7.32. The molecule has 7 nitrogen and oxygen atoms in total. The molecular weight excluding hydrogens is 376 g/mol. The van der Waals surface area contributed by atoms with E-state index in [1.807, 2.05) is 30.3 Å². The fourth-order valence-corrected chi connectivity index (χ4v) is 3.74. The monoisotopic (exact) mass is 392 g/mol. The molecule has 140 valence electrons. The molecule has 1 unspecified atom stereocenters. The SMILES string of the molecule is Cc1nsc(NC(=O)C(Cc2ccccc2)N2C(=O)c3ccccc3C2=O)n1. The van der Waals surface area contributed by atoms with Gasteiger partial charge in [-0.1, -0.05) is 42.5 Å². The quantitative estimate of drug-likeness (QED) is 0.674. The summed E-state index contributed by atoms with van der Waals surface area (Å²) in [6.07, 6.45) is 0.204. The van der Waals surface area contributed by atoms with Crippen LogP contribution in [0.5, 0.6) is 0 Å². The molecule has 0 saturated carbocycles. The molecule has 4 rings (SSSR count). The van der Waals surface area contributed by atoms with Crippen LogP contribution in [0.2, 0.25) is 0 Å². The molecule has 28 heavy (non-hydrogen) atoms. The van der Waals surface area contributed by atoms with Crippen LogP contribution >= 0.6 is 11.5 Å². The number of imide groups is 1. The molecule has 2 aromatic carbocycles. The van der Waals surface area contributed by atoms with Crippen LogP contribution in [0, 0.1) is 6.92 Å². The van der Waals surface area contributed by atoms with Gasteiger partial charge in [-0.25, -0.2) is 4.98 Å². The van der Waals surface area contributed by atoms with Crippen molar-refractivity contribution in [1.82, 2.24) is 14.3 Å². The Morgan fingerprint density at radius 1 is 1.04 bits per heavy atom. The molecule has 0 spiro atoms. The van der Waals surface area contributed by atoms with Crippen molar-refractivity contribution in [2.24, 2.45) is 0 Å². The summed E-state index contributed by atoms with van der Waals surface area (Å²) in [5, 5.41) is 3.02. The van der Waals surface area contributed by atoms with Gasteiger partial charge in [0.2, 0.25) is 11.0 Å². The lowest BCUT2D eigenvalue weighted by molar-refractivity contribution is -0.119. The average Bonchev–Trinajstić information content (AvgIpc) is 3.22. The number of amides is 3. The summed E-state index contributed by atoms with van der Waals surface area (Å²) in [5.41, 5.74) is 1.46. The number of fused-ring (bicyclic) bond motifs is 1. The van der Waals surface area contributed by atoms with Crippen LogP contribution in [-0.2, 0) is 11.2 Å². The highest BCUT2D eigenvalue weighted by atomic mass is 32.1. The minimum Gasteiger partial charge on any atom is -0.299 e. The Bertz CT molecular complexity index is 1030. The van der Waals surface area contributed by atoms with Crippen LogP contribution < -0.4 is 5.32 Å². The standard InChI is InChI=1S/C20H16N4O3S/c1-12-21-20(28-23-12)22-17(25)16(11-13-7-3-2-4-8-13)24-18(26)14-9-5-6-10-15(14)19(24)27/h2-10,16H,11H2,1H3,(H,21,22,23,25). The number of aromatic nitrogens is 2. The Morgan fingerprint density at radius 3 is 2.21 bits per heavy atom. The van der Waals surface area contributed by atoms with Crippen molar-refractivity contribution in [3.05, 3.63) is 77.1 Å². The van der Waals surface area contributed by atoms with Crippen molar-refractivity contribution in [2.75, 3.05) is 5.32 Å². The molecule has 1 aliphatic rings. The van der Waals surface area contributed by atoms with E-state index in [2.05, 4.69) is 14.7 Å². The molecule has 3 aromatic rings. The Hall–Kier alpha value is -3.39. The smallest absolute Gasteiger partial charge is 0.262 e. The fourth-order valence-electron chi connectivity index (χ4n) is 3.17. The maximum atomic E-state index is 13.0. The van der Waals surface area contributed by atoms with Gasteiger partial charge in [-0.15, -0.1) is 0 Å².